The van der Waals surface area contributed by atoms with Crippen molar-refractivity contribution in [1.29, 1.82) is 0 Å². The van der Waals surface area contributed by atoms with Crippen LogP contribution in [0.4, 0.5) is 5.82 Å². The summed E-state index contributed by atoms with van der Waals surface area (Å²) in [7, 11) is 6.54. The summed E-state index contributed by atoms with van der Waals surface area (Å²) in [6, 6.07) is 1.38. The van der Waals surface area contributed by atoms with Gasteiger partial charge in [-0.25, -0.2) is 0 Å². The average Bonchev–Trinajstić information content (AvgIpc) is 3.22. The molecule has 118 valence electrons. The Bertz CT molecular complexity index is 483. The molecule has 1 aliphatic heterocycles. The second-order valence-electron chi connectivity index (χ2n) is 6.81. The number of aromatic nitrogens is 2. The molecule has 0 bridgehead atoms. The Morgan fingerprint density at radius 3 is 2.48 bits per heavy atom. The predicted octanol–water partition coefficient (Wildman–Crippen LogP) is 1.51. The van der Waals surface area contributed by atoms with Gasteiger partial charge in [0.15, 0.2) is 0 Å². The highest BCUT2D eigenvalue weighted by molar-refractivity contribution is 5.50. The molecule has 0 amide bonds. The van der Waals surface area contributed by atoms with E-state index in [0.29, 0.717) is 6.04 Å². The summed E-state index contributed by atoms with van der Waals surface area (Å²) in [4.78, 5) is 4.89. The summed E-state index contributed by atoms with van der Waals surface area (Å²) < 4.78 is 2.07. The Morgan fingerprint density at radius 2 is 1.86 bits per heavy atom. The molecule has 0 atom stereocenters. The molecule has 1 aliphatic carbocycles. The maximum atomic E-state index is 4.66. The van der Waals surface area contributed by atoms with Crippen LogP contribution in [0.3, 0.4) is 0 Å². The van der Waals surface area contributed by atoms with Gasteiger partial charge in [0.1, 0.15) is 5.82 Å². The lowest BCUT2D eigenvalue weighted by Gasteiger charge is -2.36. The fourth-order valence-electron chi connectivity index (χ4n) is 3.43. The van der Waals surface area contributed by atoms with Crippen molar-refractivity contribution in [2.75, 3.05) is 32.1 Å². The fourth-order valence-corrected chi connectivity index (χ4v) is 3.43. The van der Waals surface area contributed by atoms with E-state index < -0.39 is 0 Å². The normalized spacial score (nSPS) is 21.0. The second kappa shape index (κ2) is 5.97. The molecular formula is C16H29N5. The number of anilines is 1. The third-order valence-electron chi connectivity index (χ3n) is 5.03. The summed E-state index contributed by atoms with van der Waals surface area (Å²) in [6.45, 7) is 5.48. The fraction of sp³-hybridized carbons (Fsp3) is 0.812. The molecule has 1 N–H and O–H groups in total. The summed E-state index contributed by atoms with van der Waals surface area (Å²) in [5.41, 5.74) is 2.55. The topological polar surface area (TPSA) is 36.3 Å². The molecule has 1 aromatic heterocycles. The largest absolute Gasteiger partial charge is 0.357 e. The molecule has 2 heterocycles. The van der Waals surface area contributed by atoms with Crippen LogP contribution in [0.2, 0.25) is 0 Å². The van der Waals surface area contributed by atoms with E-state index in [1.165, 1.54) is 55.8 Å². The van der Waals surface area contributed by atoms with Gasteiger partial charge in [-0.1, -0.05) is 0 Å². The van der Waals surface area contributed by atoms with Crippen LogP contribution in [-0.4, -0.2) is 53.9 Å². The predicted molar refractivity (Wildman–Crippen MR) is 86.7 cm³/mol. The van der Waals surface area contributed by atoms with Gasteiger partial charge in [-0.05, 0) is 52.7 Å². The van der Waals surface area contributed by atoms with Crippen LogP contribution >= 0.6 is 0 Å². The molecule has 0 unspecified atom stereocenters. The molecule has 2 aliphatic rings. The summed E-state index contributed by atoms with van der Waals surface area (Å²) in [5, 5.41) is 8.31. The van der Waals surface area contributed by atoms with E-state index in [-0.39, 0.29) is 0 Å². The van der Waals surface area contributed by atoms with Crippen molar-refractivity contribution < 1.29 is 0 Å². The minimum absolute atomic E-state index is 0.635. The zero-order valence-corrected chi connectivity index (χ0v) is 13.9. The van der Waals surface area contributed by atoms with Gasteiger partial charge in [-0.3, -0.25) is 4.68 Å². The molecule has 0 spiro atoms. The molecule has 3 rings (SSSR count). The van der Waals surface area contributed by atoms with E-state index in [1.54, 1.807) is 0 Å². The zero-order chi connectivity index (χ0) is 15.0. The maximum Gasteiger partial charge on any atom is 0.131 e. The van der Waals surface area contributed by atoms with Gasteiger partial charge < -0.3 is 15.1 Å². The maximum absolute atomic E-state index is 4.66. The van der Waals surface area contributed by atoms with Gasteiger partial charge >= 0.3 is 0 Å². The van der Waals surface area contributed by atoms with Crippen LogP contribution < -0.4 is 10.2 Å². The molecule has 5 heteroatoms. The molecule has 1 aromatic rings. The first kappa shape index (κ1) is 14.9. The number of rotatable bonds is 5. The highest BCUT2D eigenvalue weighted by Gasteiger charge is 2.27. The van der Waals surface area contributed by atoms with Crippen molar-refractivity contribution in [2.45, 2.75) is 51.2 Å². The van der Waals surface area contributed by atoms with Crippen LogP contribution in [0.25, 0.3) is 0 Å². The minimum atomic E-state index is 0.635. The van der Waals surface area contributed by atoms with E-state index in [1.807, 2.05) is 0 Å². The Hall–Kier alpha value is -1.07. The number of piperidine rings is 1. The lowest BCUT2D eigenvalue weighted by atomic mass is 10.0. The van der Waals surface area contributed by atoms with Gasteiger partial charge in [0.2, 0.25) is 0 Å². The summed E-state index contributed by atoms with van der Waals surface area (Å²) in [5.74, 6) is 1.30. The number of nitrogens with zero attached hydrogens (tertiary/aromatic N) is 4. The van der Waals surface area contributed by atoms with E-state index in [9.17, 15) is 0 Å². The van der Waals surface area contributed by atoms with Crippen molar-refractivity contribution in [3.63, 3.8) is 0 Å². The third kappa shape index (κ3) is 3.24. The number of likely N-dealkylation sites (tertiary alicyclic amines) is 1. The second-order valence-corrected chi connectivity index (χ2v) is 6.81. The first-order valence-corrected chi connectivity index (χ1v) is 8.23. The molecule has 1 saturated carbocycles. The van der Waals surface area contributed by atoms with Gasteiger partial charge in [-0.15, -0.1) is 0 Å². The first-order valence-electron chi connectivity index (χ1n) is 8.23. The van der Waals surface area contributed by atoms with Gasteiger partial charge in [0.25, 0.3) is 0 Å². The number of nitrogens with one attached hydrogen (secondary N) is 1. The summed E-state index contributed by atoms with van der Waals surface area (Å²) >= 11 is 0. The van der Waals surface area contributed by atoms with Crippen molar-refractivity contribution in [3.05, 3.63) is 11.3 Å². The third-order valence-corrected chi connectivity index (χ3v) is 5.03. The lowest BCUT2D eigenvalue weighted by molar-refractivity contribution is 0.252. The van der Waals surface area contributed by atoms with Gasteiger partial charge in [0.05, 0.1) is 5.69 Å². The Morgan fingerprint density at radius 1 is 1.19 bits per heavy atom. The number of hydrogen-bond donors (Lipinski definition) is 1. The Kier molecular flexibility index (Phi) is 4.22. The molecule has 0 radical (unpaired) electrons. The average molecular weight is 291 g/mol. The smallest absolute Gasteiger partial charge is 0.131 e. The minimum Gasteiger partial charge on any atom is -0.357 e. The Labute approximate surface area is 128 Å². The highest BCUT2D eigenvalue weighted by atomic mass is 15.4. The van der Waals surface area contributed by atoms with Crippen LogP contribution in [-0.2, 0) is 13.6 Å². The van der Waals surface area contributed by atoms with Crippen LogP contribution in [0, 0.1) is 6.92 Å². The SMILES string of the molecule is Cc1nn(C)c(N(C)C2CCN(C)CC2)c1CNC1CC1. The quantitative estimate of drug-likeness (QED) is 0.892. The first-order chi connectivity index (χ1) is 10.1. The van der Waals surface area contributed by atoms with E-state index in [0.717, 1.165) is 12.6 Å². The van der Waals surface area contributed by atoms with Gasteiger partial charge in [-0.2, -0.15) is 5.10 Å². The van der Waals surface area contributed by atoms with E-state index in [4.69, 9.17) is 0 Å². The van der Waals surface area contributed by atoms with Gasteiger partial charge in [0, 0.05) is 38.3 Å². The summed E-state index contributed by atoms with van der Waals surface area (Å²) in [6.07, 6.45) is 5.15. The van der Waals surface area contributed by atoms with Crippen molar-refractivity contribution in [2.24, 2.45) is 7.05 Å². The van der Waals surface area contributed by atoms with Crippen molar-refractivity contribution in [1.82, 2.24) is 20.0 Å². The van der Waals surface area contributed by atoms with Crippen molar-refractivity contribution >= 4 is 5.82 Å². The molecule has 21 heavy (non-hydrogen) atoms. The molecule has 1 saturated heterocycles. The van der Waals surface area contributed by atoms with Crippen LogP contribution in [0.15, 0.2) is 0 Å². The highest BCUT2D eigenvalue weighted by Crippen LogP contribution is 2.28. The van der Waals surface area contributed by atoms with Crippen molar-refractivity contribution in [3.8, 4) is 0 Å². The molecule has 0 aromatic carbocycles. The molecule has 2 fully saturated rings. The van der Waals surface area contributed by atoms with Crippen LogP contribution in [0.5, 0.6) is 0 Å². The monoisotopic (exact) mass is 291 g/mol. The zero-order valence-electron chi connectivity index (χ0n) is 13.9. The number of aryl methyl sites for hydroxylation is 2. The standard InChI is InChI=1S/C16H29N5/c1-12-15(11-17-13-5-6-13)16(21(4)18-12)20(3)14-7-9-19(2)10-8-14/h13-14,17H,5-11H2,1-4H3. The Balaban J connectivity index is 1.75. The van der Waals surface area contributed by atoms with Crippen LogP contribution in [0.1, 0.15) is 36.9 Å². The molecular weight excluding hydrogens is 262 g/mol. The number of hydrogen-bond acceptors (Lipinski definition) is 4. The van der Waals surface area contributed by atoms with E-state index in [2.05, 4.69) is 53.0 Å². The lowest BCUT2D eigenvalue weighted by Crippen LogP contribution is -2.43. The van der Waals surface area contributed by atoms with E-state index >= 15 is 0 Å². The molecule has 5 nitrogen and oxygen atoms in total.